The van der Waals surface area contributed by atoms with Crippen molar-refractivity contribution < 1.29 is 4.42 Å². The van der Waals surface area contributed by atoms with Crippen molar-refractivity contribution in [1.82, 2.24) is 9.38 Å². The number of nitrogens with zero attached hydrogens (tertiary/aromatic N) is 2. The number of hydrogen-bond donors (Lipinski definition) is 0. The Morgan fingerprint density at radius 2 is 2.06 bits per heavy atom. The van der Waals surface area contributed by atoms with Crippen LogP contribution in [0.5, 0.6) is 0 Å². The largest absolute Gasteiger partial charge is 0.441 e. The lowest BCUT2D eigenvalue weighted by Crippen LogP contribution is -1.87. The van der Waals surface area contributed by atoms with Crippen molar-refractivity contribution in [3.63, 3.8) is 0 Å². The summed E-state index contributed by atoms with van der Waals surface area (Å²) in [5.74, 6) is 1.30. The summed E-state index contributed by atoms with van der Waals surface area (Å²) < 4.78 is 7.17. The highest BCUT2D eigenvalue weighted by Gasteiger charge is 2.11. The van der Waals surface area contributed by atoms with E-state index in [1.54, 1.807) is 18.3 Å². The predicted octanol–water partition coefficient (Wildman–Crippen LogP) is 3.90. The lowest BCUT2D eigenvalue weighted by Gasteiger charge is -1.98. The molecule has 3 nitrogen and oxygen atoms in total. The lowest BCUT2D eigenvalue weighted by atomic mass is 10.4. The van der Waals surface area contributed by atoms with Crippen molar-refractivity contribution in [2.75, 3.05) is 0 Å². The summed E-state index contributed by atoms with van der Waals surface area (Å²) in [5, 5.41) is 0.993. The maximum atomic E-state index is 6.05. The molecular formula is C11H6Cl2N2O. The van der Waals surface area contributed by atoms with Crippen molar-refractivity contribution in [3.8, 4) is 11.6 Å². The molecule has 0 saturated heterocycles. The second-order valence-electron chi connectivity index (χ2n) is 3.30. The fourth-order valence-corrected chi connectivity index (χ4v) is 1.96. The second-order valence-corrected chi connectivity index (χ2v) is 4.08. The average molecular weight is 253 g/mol. The highest BCUT2D eigenvalue weighted by Crippen LogP contribution is 2.26. The van der Waals surface area contributed by atoms with Crippen LogP contribution in [0.4, 0.5) is 0 Å². The van der Waals surface area contributed by atoms with E-state index in [0.717, 1.165) is 5.52 Å². The normalized spacial score (nSPS) is 11.1. The molecular weight excluding hydrogens is 247 g/mol. The van der Waals surface area contributed by atoms with E-state index in [1.807, 2.05) is 22.7 Å². The summed E-state index contributed by atoms with van der Waals surface area (Å²) in [4.78, 5) is 4.27. The number of furan rings is 1. The van der Waals surface area contributed by atoms with Crippen LogP contribution < -0.4 is 0 Å². The van der Waals surface area contributed by atoms with Crippen molar-refractivity contribution in [2.45, 2.75) is 0 Å². The van der Waals surface area contributed by atoms with Crippen LogP contribution in [-0.4, -0.2) is 9.38 Å². The number of rotatable bonds is 1. The van der Waals surface area contributed by atoms with Crippen LogP contribution in [0.25, 0.3) is 17.1 Å². The zero-order valence-corrected chi connectivity index (χ0v) is 9.53. The van der Waals surface area contributed by atoms with E-state index in [9.17, 15) is 0 Å². The molecule has 0 N–H and O–H groups in total. The third-order valence-electron chi connectivity index (χ3n) is 2.31. The van der Waals surface area contributed by atoms with Crippen LogP contribution in [0.3, 0.4) is 0 Å². The Labute approximate surface area is 101 Å². The first kappa shape index (κ1) is 9.75. The van der Waals surface area contributed by atoms with E-state index >= 15 is 0 Å². The molecule has 0 atom stereocenters. The molecule has 0 saturated carbocycles. The number of hydrogen-bond acceptors (Lipinski definition) is 2. The quantitative estimate of drug-likeness (QED) is 0.658. The molecule has 3 aromatic heterocycles. The van der Waals surface area contributed by atoms with Crippen LogP contribution in [0.15, 0.2) is 41.1 Å². The summed E-state index contributed by atoms with van der Waals surface area (Å²) in [6.45, 7) is 0. The molecule has 0 aliphatic heterocycles. The smallest absolute Gasteiger partial charge is 0.194 e. The van der Waals surface area contributed by atoms with Crippen molar-refractivity contribution in [3.05, 3.63) is 46.9 Å². The Balaban J connectivity index is 2.29. The molecule has 0 fully saturated rings. The zero-order chi connectivity index (χ0) is 11.1. The minimum Gasteiger partial charge on any atom is -0.441 e. The van der Waals surface area contributed by atoms with Gasteiger partial charge in [-0.25, -0.2) is 4.98 Å². The maximum Gasteiger partial charge on any atom is 0.194 e. The van der Waals surface area contributed by atoms with Gasteiger partial charge >= 0.3 is 0 Å². The van der Waals surface area contributed by atoms with Gasteiger partial charge in [0.2, 0.25) is 0 Å². The monoisotopic (exact) mass is 252 g/mol. The Morgan fingerprint density at radius 1 is 1.19 bits per heavy atom. The van der Waals surface area contributed by atoms with Crippen LogP contribution >= 0.6 is 23.2 Å². The fourth-order valence-electron chi connectivity index (χ4n) is 1.60. The highest BCUT2D eigenvalue weighted by molar-refractivity contribution is 6.33. The van der Waals surface area contributed by atoms with E-state index in [1.165, 1.54) is 0 Å². The predicted molar refractivity (Wildman–Crippen MR) is 62.9 cm³/mol. The first-order valence-electron chi connectivity index (χ1n) is 4.63. The summed E-state index contributed by atoms with van der Waals surface area (Å²) >= 11 is 11.8. The van der Waals surface area contributed by atoms with E-state index in [0.29, 0.717) is 21.8 Å². The Hall–Kier alpha value is -1.45. The molecule has 3 rings (SSSR count). The highest BCUT2D eigenvalue weighted by atomic mass is 35.5. The molecule has 3 aromatic rings. The van der Waals surface area contributed by atoms with Gasteiger partial charge in [0.05, 0.1) is 16.7 Å². The van der Waals surface area contributed by atoms with Crippen LogP contribution in [0, 0.1) is 0 Å². The van der Waals surface area contributed by atoms with Gasteiger partial charge in [-0.05, 0) is 35.9 Å². The average Bonchev–Trinajstić information content (AvgIpc) is 2.84. The topological polar surface area (TPSA) is 30.4 Å². The Kier molecular flexibility index (Phi) is 2.16. The third-order valence-corrected chi connectivity index (χ3v) is 2.84. The van der Waals surface area contributed by atoms with Gasteiger partial charge in [0.1, 0.15) is 0 Å². The van der Waals surface area contributed by atoms with Gasteiger partial charge in [0.25, 0.3) is 0 Å². The Bertz CT molecular complexity index is 657. The summed E-state index contributed by atoms with van der Waals surface area (Å²) in [6.07, 6.45) is 3.58. The van der Waals surface area contributed by atoms with Crippen molar-refractivity contribution in [2.24, 2.45) is 0 Å². The van der Waals surface area contributed by atoms with Gasteiger partial charge in [0.15, 0.2) is 16.8 Å². The number of imidazole rings is 1. The first-order chi connectivity index (χ1) is 7.75. The molecule has 0 amide bonds. The second kappa shape index (κ2) is 3.54. The molecule has 0 bridgehead atoms. The molecule has 3 heterocycles. The SMILES string of the molecule is Clc1ccc(-c2ncc3c(Cl)cccn23)o1. The number of aromatic nitrogens is 2. The first-order valence-corrected chi connectivity index (χ1v) is 5.38. The molecule has 0 aliphatic carbocycles. The number of fused-ring (bicyclic) bond motifs is 1. The van der Waals surface area contributed by atoms with Crippen LogP contribution in [-0.2, 0) is 0 Å². The van der Waals surface area contributed by atoms with Gasteiger partial charge in [0, 0.05) is 6.20 Å². The van der Waals surface area contributed by atoms with Crippen molar-refractivity contribution >= 4 is 28.7 Å². The molecule has 0 unspecified atom stereocenters. The third kappa shape index (κ3) is 1.40. The molecule has 0 radical (unpaired) electrons. The molecule has 0 aliphatic rings. The minimum atomic E-state index is 0.341. The van der Waals surface area contributed by atoms with E-state index in [-0.39, 0.29) is 0 Å². The van der Waals surface area contributed by atoms with Crippen LogP contribution in [0.1, 0.15) is 0 Å². The standard InChI is InChI=1S/C11H6Cl2N2O/c12-7-2-1-5-15-8(7)6-14-11(15)9-3-4-10(13)16-9/h1-6H. The van der Waals surface area contributed by atoms with E-state index in [2.05, 4.69) is 4.98 Å². The van der Waals surface area contributed by atoms with Gasteiger partial charge in [-0.15, -0.1) is 0 Å². The van der Waals surface area contributed by atoms with Gasteiger partial charge in [-0.3, -0.25) is 4.40 Å². The summed E-state index contributed by atoms with van der Waals surface area (Å²) in [6, 6.07) is 7.13. The fraction of sp³-hybridized carbons (Fsp3) is 0. The number of pyridine rings is 1. The van der Waals surface area contributed by atoms with Crippen molar-refractivity contribution in [1.29, 1.82) is 0 Å². The van der Waals surface area contributed by atoms with E-state index in [4.69, 9.17) is 27.6 Å². The van der Waals surface area contributed by atoms with Gasteiger partial charge in [-0.2, -0.15) is 0 Å². The van der Waals surface area contributed by atoms with Gasteiger partial charge < -0.3 is 4.42 Å². The zero-order valence-electron chi connectivity index (χ0n) is 8.02. The molecule has 0 spiro atoms. The molecule has 16 heavy (non-hydrogen) atoms. The number of halogens is 2. The van der Waals surface area contributed by atoms with Crippen LogP contribution in [0.2, 0.25) is 10.2 Å². The lowest BCUT2D eigenvalue weighted by molar-refractivity contribution is 0.579. The molecule has 5 heteroatoms. The maximum absolute atomic E-state index is 6.05. The Morgan fingerprint density at radius 3 is 2.81 bits per heavy atom. The summed E-state index contributed by atoms with van der Waals surface area (Å²) in [7, 11) is 0. The minimum absolute atomic E-state index is 0.341. The van der Waals surface area contributed by atoms with E-state index < -0.39 is 0 Å². The van der Waals surface area contributed by atoms with Gasteiger partial charge in [-0.1, -0.05) is 11.6 Å². The summed E-state index contributed by atoms with van der Waals surface area (Å²) in [5.41, 5.74) is 0.840. The molecule has 80 valence electrons. The molecule has 0 aromatic carbocycles.